The minimum Gasteiger partial charge on any atom is -0.351 e. The molecule has 1 aromatic heterocycles. The van der Waals surface area contributed by atoms with Gasteiger partial charge in [-0.25, -0.2) is 32.4 Å². The molecule has 105 valence electrons. The van der Waals surface area contributed by atoms with Crippen LogP contribution >= 0.6 is 0 Å². The van der Waals surface area contributed by atoms with E-state index in [-0.39, 0.29) is 20.1 Å². The van der Waals surface area contributed by atoms with Gasteiger partial charge in [-0.3, -0.25) is 0 Å². The van der Waals surface area contributed by atoms with Crippen LogP contribution in [0.5, 0.6) is 0 Å². The third kappa shape index (κ3) is 1.16. The molecule has 2 bridgehead atoms. The SMILES string of the molecule is FC1(F)C2(F)[C-]=C(c3ccccn3)C1(F)C2(F)F.[Ir]. The van der Waals surface area contributed by atoms with Crippen LogP contribution in [0.25, 0.3) is 5.57 Å². The molecule has 1 nitrogen and oxygen atoms in total. The summed E-state index contributed by atoms with van der Waals surface area (Å²) in [6, 6.07) is 3.72. The first-order chi connectivity index (χ1) is 8.20. The van der Waals surface area contributed by atoms with E-state index in [1.54, 1.807) is 0 Å². The van der Waals surface area contributed by atoms with Crippen molar-refractivity contribution in [2.45, 2.75) is 23.2 Å². The first-order valence-corrected chi connectivity index (χ1v) is 4.90. The predicted molar refractivity (Wildman–Crippen MR) is 48.5 cm³/mol. The van der Waals surface area contributed by atoms with Gasteiger partial charge < -0.3 is 4.98 Å². The largest absolute Gasteiger partial charge is 0.351 e. The first-order valence-electron chi connectivity index (χ1n) is 4.90. The standard InChI is InChI=1S/C11H4F6N.Ir/c12-8-5-6(7-3-1-2-4-18-7)9(13,10(8,14)15)11(8,16)17;/h1-4H;/q-1;. The molecule has 0 aromatic carbocycles. The van der Waals surface area contributed by atoms with Crippen molar-refractivity contribution >= 4 is 5.57 Å². The summed E-state index contributed by atoms with van der Waals surface area (Å²) in [7, 11) is 0. The monoisotopic (exact) mass is 457 g/mol. The van der Waals surface area contributed by atoms with E-state index >= 15 is 0 Å². The van der Waals surface area contributed by atoms with E-state index in [0.29, 0.717) is 0 Å². The fourth-order valence-electron chi connectivity index (χ4n) is 2.29. The van der Waals surface area contributed by atoms with Crippen molar-refractivity contribution in [3.05, 3.63) is 36.2 Å². The van der Waals surface area contributed by atoms with Gasteiger partial charge in [-0.2, -0.15) is 0 Å². The number of rotatable bonds is 1. The van der Waals surface area contributed by atoms with Crippen molar-refractivity contribution < 1.29 is 46.4 Å². The van der Waals surface area contributed by atoms with Gasteiger partial charge in [-0.15, -0.1) is 11.6 Å². The van der Waals surface area contributed by atoms with Gasteiger partial charge in [0.1, 0.15) is 0 Å². The van der Waals surface area contributed by atoms with E-state index in [1.807, 2.05) is 0 Å². The van der Waals surface area contributed by atoms with Gasteiger partial charge in [-0.1, -0.05) is 11.8 Å². The Hall–Kier alpha value is -0.881. The van der Waals surface area contributed by atoms with E-state index in [9.17, 15) is 26.3 Å². The van der Waals surface area contributed by atoms with E-state index in [1.165, 1.54) is 18.2 Å². The molecule has 3 aliphatic carbocycles. The van der Waals surface area contributed by atoms with Crippen molar-refractivity contribution in [2.24, 2.45) is 0 Å². The molecule has 1 heterocycles. The van der Waals surface area contributed by atoms with Crippen LogP contribution in [0.3, 0.4) is 0 Å². The van der Waals surface area contributed by atoms with Crippen LogP contribution in [-0.2, 0) is 20.1 Å². The second-order valence-corrected chi connectivity index (χ2v) is 4.18. The second-order valence-electron chi connectivity index (χ2n) is 4.18. The maximum absolute atomic E-state index is 13.9. The van der Waals surface area contributed by atoms with Crippen molar-refractivity contribution in [3.63, 3.8) is 0 Å². The summed E-state index contributed by atoms with van der Waals surface area (Å²) in [4.78, 5) is 3.47. The van der Waals surface area contributed by atoms with Crippen molar-refractivity contribution in [1.29, 1.82) is 0 Å². The van der Waals surface area contributed by atoms with Gasteiger partial charge in [0.05, 0.1) is 0 Å². The van der Waals surface area contributed by atoms with Crippen LogP contribution in [0.1, 0.15) is 5.69 Å². The van der Waals surface area contributed by atoms with Crippen molar-refractivity contribution in [3.8, 4) is 0 Å². The van der Waals surface area contributed by atoms with Crippen LogP contribution in [0, 0.1) is 6.08 Å². The molecule has 0 spiro atoms. The Morgan fingerprint density at radius 2 is 1.53 bits per heavy atom. The van der Waals surface area contributed by atoms with Crippen LogP contribution in [0.15, 0.2) is 24.4 Å². The molecular formula is C11H4F6IrN-. The predicted octanol–water partition coefficient (Wildman–Crippen LogP) is 2.98. The molecule has 1 radical (unpaired) electrons. The van der Waals surface area contributed by atoms with E-state index < -0.39 is 34.4 Å². The molecule has 0 saturated heterocycles. The number of allylic oxidation sites excluding steroid dienone is 2. The number of hydrogen-bond acceptors (Lipinski definition) is 1. The summed E-state index contributed by atoms with van der Waals surface area (Å²) in [6.45, 7) is 0. The Morgan fingerprint density at radius 3 is 1.89 bits per heavy atom. The minimum atomic E-state index is -4.84. The average molecular weight is 456 g/mol. The van der Waals surface area contributed by atoms with E-state index in [0.717, 1.165) is 12.3 Å². The quantitative estimate of drug-likeness (QED) is 0.468. The van der Waals surface area contributed by atoms with Gasteiger partial charge in [0, 0.05) is 26.3 Å². The van der Waals surface area contributed by atoms with Gasteiger partial charge >= 0.3 is 11.8 Å². The van der Waals surface area contributed by atoms with Crippen molar-refractivity contribution in [1.82, 2.24) is 4.98 Å². The number of aromatic nitrogens is 1. The molecule has 0 atom stereocenters. The van der Waals surface area contributed by atoms with Gasteiger partial charge in [0.25, 0.3) is 0 Å². The molecule has 19 heavy (non-hydrogen) atoms. The Labute approximate surface area is 117 Å². The summed E-state index contributed by atoms with van der Waals surface area (Å²) in [6.07, 6.45) is 2.36. The van der Waals surface area contributed by atoms with Crippen LogP contribution in [0.4, 0.5) is 26.3 Å². The zero-order valence-electron chi connectivity index (χ0n) is 8.86. The topological polar surface area (TPSA) is 12.9 Å². The third-order valence-electron chi connectivity index (χ3n) is 3.29. The molecule has 4 rings (SSSR count). The third-order valence-corrected chi connectivity index (χ3v) is 3.29. The number of alkyl halides is 6. The summed E-state index contributed by atoms with van der Waals surface area (Å²) in [5.74, 6) is -9.67. The minimum absolute atomic E-state index is 0. The Kier molecular flexibility index (Phi) is 2.76. The summed E-state index contributed by atoms with van der Waals surface area (Å²) in [5.41, 5.74) is -10.5. The van der Waals surface area contributed by atoms with Crippen LogP contribution in [-0.4, -0.2) is 28.2 Å². The first kappa shape index (κ1) is 14.5. The molecule has 1 aromatic rings. The maximum Gasteiger partial charge on any atom is 0.315 e. The molecule has 1 fully saturated rings. The van der Waals surface area contributed by atoms with Crippen LogP contribution < -0.4 is 0 Å². The van der Waals surface area contributed by atoms with E-state index in [2.05, 4.69) is 4.98 Å². The molecule has 3 aliphatic rings. The van der Waals surface area contributed by atoms with Gasteiger partial charge in [-0.05, 0) is 6.07 Å². The average Bonchev–Trinajstić information content (AvgIpc) is 2.61. The fraction of sp³-hybridized carbons (Fsp3) is 0.364. The molecule has 0 unspecified atom stereocenters. The zero-order chi connectivity index (χ0) is 13.4. The molecule has 0 amide bonds. The second kappa shape index (κ2) is 3.61. The summed E-state index contributed by atoms with van der Waals surface area (Å²) < 4.78 is 80.4. The molecule has 0 aliphatic heterocycles. The molecule has 0 N–H and O–H groups in total. The number of nitrogens with zero attached hydrogens (tertiary/aromatic N) is 1. The number of hydrogen-bond donors (Lipinski definition) is 0. The molecule has 8 heteroatoms. The number of pyridine rings is 1. The maximum atomic E-state index is 13.9. The van der Waals surface area contributed by atoms with Crippen molar-refractivity contribution in [2.75, 3.05) is 0 Å². The summed E-state index contributed by atoms with van der Waals surface area (Å²) in [5, 5.41) is 0. The normalized spacial score (nSPS) is 37.1. The molecule has 1 saturated carbocycles. The van der Waals surface area contributed by atoms with Gasteiger partial charge in [0.15, 0.2) is 5.67 Å². The van der Waals surface area contributed by atoms with Gasteiger partial charge in [0.2, 0.25) is 5.67 Å². The smallest absolute Gasteiger partial charge is 0.315 e. The Balaban J connectivity index is 0.00000133. The summed E-state index contributed by atoms with van der Waals surface area (Å²) >= 11 is 0. The Morgan fingerprint density at radius 1 is 0.947 bits per heavy atom. The fourth-order valence-corrected chi connectivity index (χ4v) is 2.29. The Bertz CT molecular complexity index is 540. The molecular weight excluding hydrogens is 452 g/mol. The van der Waals surface area contributed by atoms with E-state index in [4.69, 9.17) is 0 Å². The van der Waals surface area contributed by atoms with Crippen LogP contribution in [0.2, 0.25) is 0 Å². The number of halogens is 6. The zero-order valence-corrected chi connectivity index (χ0v) is 11.3.